The van der Waals surface area contributed by atoms with Gasteiger partial charge in [-0.05, 0) is 18.9 Å². The molecule has 1 saturated heterocycles. The van der Waals surface area contributed by atoms with E-state index in [-0.39, 0.29) is 17.5 Å². The monoisotopic (exact) mass is 326 g/mol. The van der Waals surface area contributed by atoms with Crippen LogP contribution in [-0.2, 0) is 11.3 Å². The van der Waals surface area contributed by atoms with E-state index >= 15 is 0 Å². The number of hydrogen-bond donors (Lipinski definition) is 1. The fourth-order valence-electron chi connectivity index (χ4n) is 2.61. The fraction of sp³-hybridized carbons (Fsp3) is 0.474. The van der Waals surface area contributed by atoms with E-state index < -0.39 is 0 Å². The predicted octanol–water partition coefficient (Wildman–Crippen LogP) is 2.13. The van der Waals surface area contributed by atoms with Crippen molar-refractivity contribution < 1.29 is 4.79 Å². The number of nitrogens with one attached hydrogen (secondary N) is 1. The van der Waals surface area contributed by atoms with Gasteiger partial charge in [-0.3, -0.25) is 9.69 Å². The van der Waals surface area contributed by atoms with Gasteiger partial charge in [0.15, 0.2) is 0 Å². The van der Waals surface area contributed by atoms with Gasteiger partial charge in [-0.1, -0.05) is 37.3 Å². The molecule has 1 aromatic carbocycles. The number of rotatable bonds is 6. The van der Waals surface area contributed by atoms with Crippen LogP contribution in [0.4, 0.5) is 0 Å². The van der Waals surface area contributed by atoms with E-state index in [0.29, 0.717) is 13.1 Å². The SMILES string of the molecule is CCC(C)N/C=C(/C#N)C(=O)N1CCN(Cc2ccccc2)CC1. The molecule has 1 atom stereocenters. The van der Waals surface area contributed by atoms with Gasteiger partial charge in [-0.25, -0.2) is 0 Å². The first kappa shape index (κ1) is 18.0. The van der Waals surface area contributed by atoms with E-state index in [0.717, 1.165) is 26.1 Å². The number of carbonyl (C=O) groups excluding carboxylic acids is 1. The molecule has 128 valence electrons. The molecule has 1 amide bonds. The molecular weight excluding hydrogens is 300 g/mol. The first-order valence-corrected chi connectivity index (χ1v) is 8.56. The maximum absolute atomic E-state index is 12.5. The van der Waals surface area contributed by atoms with Gasteiger partial charge in [0.1, 0.15) is 11.6 Å². The Hall–Kier alpha value is -2.32. The van der Waals surface area contributed by atoms with E-state index in [4.69, 9.17) is 0 Å². The van der Waals surface area contributed by atoms with Gasteiger partial charge < -0.3 is 10.2 Å². The highest BCUT2D eigenvalue weighted by molar-refractivity contribution is 5.97. The molecule has 1 fully saturated rings. The van der Waals surface area contributed by atoms with E-state index in [1.807, 2.05) is 31.2 Å². The number of nitrogens with zero attached hydrogens (tertiary/aromatic N) is 3. The second-order valence-corrected chi connectivity index (χ2v) is 6.20. The third-order valence-corrected chi connectivity index (χ3v) is 4.38. The van der Waals surface area contributed by atoms with Crippen molar-refractivity contribution in [2.75, 3.05) is 26.2 Å². The third kappa shape index (κ3) is 5.10. The van der Waals surface area contributed by atoms with Gasteiger partial charge in [0.2, 0.25) is 0 Å². The Morgan fingerprint density at radius 1 is 1.29 bits per heavy atom. The minimum atomic E-state index is -0.173. The standard InChI is InChI=1S/C19H26N4O/c1-3-16(2)21-14-18(13-20)19(24)23-11-9-22(10-12-23)15-17-7-5-4-6-8-17/h4-8,14,16,21H,3,9-12,15H2,1-2H3/b18-14-. The van der Waals surface area contributed by atoms with Crippen molar-refractivity contribution in [3.8, 4) is 6.07 Å². The van der Waals surface area contributed by atoms with Crippen LogP contribution >= 0.6 is 0 Å². The Kier molecular flexibility index (Phi) is 6.83. The van der Waals surface area contributed by atoms with Crippen LogP contribution in [0.15, 0.2) is 42.1 Å². The minimum Gasteiger partial charge on any atom is -0.387 e. The lowest BCUT2D eigenvalue weighted by Crippen LogP contribution is -2.48. The molecule has 1 aromatic rings. The van der Waals surface area contributed by atoms with E-state index in [2.05, 4.69) is 29.3 Å². The van der Waals surface area contributed by atoms with Gasteiger partial charge in [0.25, 0.3) is 5.91 Å². The average molecular weight is 326 g/mol. The Labute approximate surface area is 144 Å². The van der Waals surface area contributed by atoms with Crippen molar-refractivity contribution in [1.82, 2.24) is 15.1 Å². The Morgan fingerprint density at radius 2 is 1.96 bits per heavy atom. The van der Waals surface area contributed by atoms with E-state index in [9.17, 15) is 10.1 Å². The lowest BCUT2D eigenvalue weighted by atomic mass is 10.2. The van der Waals surface area contributed by atoms with Crippen LogP contribution in [0.25, 0.3) is 0 Å². The predicted molar refractivity (Wildman–Crippen MR) is 94.9 cm³/mol. The molecule has 5 heteroatoms. The van der Waals surface area contributed by atoms with Crippen molar-refractivity contribution in [3.05, 3.63) is 47.7 Å². The molecule has 5 nitrogen and oxygen atoms in total. The summed E-state index contributed by atoms with van der Waals surface area (Å²) in [4.78, 5) is 16.6. The lowest BCUT2D eigenvalue weighted by Gasteiger charge is -2.34. The molecule has 1 heterocycles. The highest BCUT2D eigenvalue weighted by atomic mass is 16.2. The topological polar surface area (TPSA) is 59.4 Å². The summed E-state index contributed by atoms with van der Waals surface area (Å²) in [5.74, 6) is -0.173. The highest BCUT2D eigenvalue weighted by Gasteiger charge is 2.23. The normalized spacial score (nSPS) is 17.2. The maximum Gasteiger partial charge on any atom is 0.266 e. The van der Waals surface area contributed by atoms with Crippen molar-refractivity contribution in [2.45, 2.75) is 32.9 Å². The van der Waals surface area contributed by atoms with Gasteiger partial charge >= 0.3 is 0 Å². The van der Waals surface area contributed by atoms with Crippen LogP contribution in [0.5, 0.6) is 0 Å². The summed E-state index contributed by atoms with van der Waals surface area (Å²) < 4.78 is 0. The van der Waals surface area contributed by atoms with Crippen molar-refractivity contribution in [1.29, 1.82) is 5.26 Å². The second-order valence-electron chi connectivity index (χ2n) is 6.20. The van der Waals surface area contributed by atoms with E-state index in [1.54, 1.807) is 11.1 Å². The highest BCUT2D eigenvalue weighted by Crippen LogP contribution is 2.10. The molecule has 0 bridgehead atoms. The van der Waals surface area contributed by atoms with Crippen molar-refractivity contribution in [3.63, 3.8) is 0 Å². The molecule has 1 aliphatic heterocycles. The van der Waals surface area contributed by atoms with Gasteiger partial charge in [0.05, 0.1) is 0 Å². The summed E-state index contributed by atoms with van der Waals surface area (Å²) in [5.41, 5.74) is 1.47. The first-order valence-electron chi connectivity index (χ1n) is 8.56. The molecular formula is C19H26N4O. The summed E-state index contributed by atoms with van der Waals surface area (Å²) in [7, 11) is 0. The minimum absolute atomic E-state index is 0.173. The lowest BCUT2D eigenvalue weighted by molar-refractivity contribution is -0.128. The number of piperazine rings is 1. The Bertz CT molecular complexity index is 598. The Balaban J connectivity index is 1.86. The largest absolute Gasteiger partial charge is 0.387 e. The Morgan fingerprint density at radius 3 is 2.54 bits per heavy atom. The first-order chi connectivity index (χ1) is 11.6. The van der Waals surface area contributed by atoms with Gasteiger partial charge in [-0.2, -0.15) is 5.26 Å². The number of benzene rings is 1. The quantitative estimate of drug-likeness (QED) is 0.643. The van der Waals surface area contributed by atoms with Crippen LogP contribution in [0.1, 0.15) is 25.8 Å². The summed E-state index contributed by atoms with van der Waals surface area (Å²) in [5, 5.41) is 12.3. The zero-order chi connectivity index (χ0) is 17.4. The average Bonchev–Trinajstić information content (AvgIpc) is 2.63. The van der Waals surface area contributed by atoms with Crippen LogP contribution in [0.2, 0.25) is 0 Å². The number of hydrogen-bond acceptors (Lipinski definition) is 4. The molecule has 1 aliphatic rings. The maximum atomic E-state index is 12.5. The molecule has 0 spiro atoms. The van der Waals surface area contributed by atoms with E-state index in [1.165, 1.54) is 5.56 Å². The zero-order valence-electron chi connectivity index (χ0n) is 14.5. The zero-order valence-corrected chi connectivity index (χ0v) is 14.5. The molecule has 24 heavy (non-hydrogen) atoms. The van der Waals surface area contributed by atoms with Crippen molar-refractivity contribution in [2.24, 2.45) is 0 Å². The third-order valence-electron chi connectivity index (χ3n) is 4.38. The summed E-state index contributed by atoms with van der Waals surface area (Å²) in [6, 6.07) is 12.6. The van der Waals surface area contributed by atoms with Gasteiger partial charge in [0, 0.05) is 45.0 Å². The number of nitriles is 1. The van der Waals surface area contributed by atoms with Gasteiger partial charge in [-0.15, -0.1) is 0 Å². The van der Waals surface area contributed by atoms with Crippen LogP contribution in [0.3, 0.4) is 0 Å². The summed E-state index contributed by atoms with van der Waals surface area (Å²) >= 11 is 0. The number of amides is 1. The number of carbonyl (C=O) groups is 1. The second kappa shape index (κ2) is 9.09. The fourth-order valence-corrected chi connectivity index (χ4v) is 2.61. The molecule has 0 aliphatic carbocycles. The smallest absolute Gasteiger partial charge is 0.266 e. The van der Waals surface area contributed by atoms with Crippen LogP contribution in [-0.4, -0.2) is 47.9 Å². The molecule has 1 unspecified atom stereocenters. The van der Waals surface area contributed by atoms with Crippen LogP contribution in [0, 0.1) is 11.3 Å². The summed E-state index contributed by atoms with van der Waals surface area (Å²) in [6.07, 6.45) is 2.51. The van der Waals surface area contributed by atoms with Crippen molar-refractivity contribution >= 4 is 5.91 Å². The molecule has 2 rings (SSSR count). The molecule has 0 saturated carbocycles. The molecule has 0 aromatic heterocycles. The molecule has 0 radical (unpaired) electrons. The summed E-state index contributed by atoms with van der Waals surface area (Å²) in [6.45, 7) is 7.97. The molecule has 1 N–H and O–H groups in total. The van der Waals surface area contributed by atoms with Crippen LogP contribution < -0.4 is 5.32 Å².